The number of carbonyl (C=O) groups is 1. The molecule has 2 aromatic rings. The summed E-state index contributed by atoms with van der Waals surface area (Å²) in [5.74, 6) is 4.86. The fourth-order valence-electron chi connectivity index (χ4n) is 1.95. The van der Waals surface area contributed by atoms with E-state index in [1.807, 2.05) is 42.8 Å². The lowest BCUT2D eigenvalue weighted by Crippen LogP contribution is -2.31. The highest BCUT2D eigenvalue weighted by Gasteiger charge is 2.10. The van der Waals surface area contributed by atoms with Crippen LogP contribution >= 0.6 is 0 Å². The number of nitrogens with two attached hydrogens (primary N) is 1. The van der Waals surface area contributed by atoms with Crippen LogP contribution in [-0.2, 0) is 0 Å². The fraction of sp³-hybridized carbons (Fsp3) is 0.154. The fourth-order valence-corrected chi connectivity index (χ4v) is 1.95. The van der Waals surface area contributed by atoms with Crippen LogP contribution in [0.1, 0.15) is 21.6 Å². The van der Waals surface area contributed by atoms with Gasteiger partial charge in [-0.3, -0.25) is 10.2 Å². The minimum absolute atomic E-state index is 0.297. The van der Waals surface area contributed by atoms with Crippen LogP contribution in [0.15, 0.2) is 36.5 Å². The Hall–Kier alpha value is -2.07. The van der Waals surface area contributed by atoms with Crippen LogP contribution in [0.25, 0.3) is 5.69 Å². The molecule has 0 saturated heterocycles. The monoisotopic (exact) mass is 229 g/mol. The van der Waals surface area contributed by atoms with E-state index < -0.39 is 0 Å². The molecule has 0 fully saturated rings. The molecule has 0 unspecified atom stereocenters. The zero-order chi connectivity index (χ0) is 12.4. The number of aromatic nitrogens is 1. The molecule has 17 heavy (non-hydrogen) atoms. The molecule has 3 N–H and O–H groups in total. The Bertz CT molecular complexity index is 537. The maximum atomic E-state index is 11.6. The van der Waals surface area contributed by atoms with Gasteiger partial charge < -0.3 is 4.57 Å². The van der Waals surface area contributed by atoms with Crippen molar-refractivity contribution in [3.8, 4) is 5.69 Å². The van der Waals surface area contributed by atoms with Gasteiger partial charge in [-0.2, -0.15) is 0 Å². The first kappa shape index (κ1) is 11.4. The summed E-state index contributed by atoms with van der Waals surface area (Å²) in [6, 6.07) is 9.71. The van der Waals surface area contributed by atoms with E-state index in [9.17, 15) is 4.79 Å². The van der Waals surface area contributed by atoms with Crippen molar-refractivity contribution in [2.75, 3.05) is 0 Å². The average molecular weight is 229 g/mol. The molecular formula is C13H15N3O. The Labute approximate surface area is 100 Å². The number of benzene rings is 1. The van der Waals surface area contributed by atoms with Gasteiger partial charge in [-0.1, -0.05) is 6.07 Å². The van der Waals surface area contributed by atoms with Crippen molar-refractivity contribution < 1.29 is 4.79 Å². The molecule has 2 rings (SSSR count). The van der Waals surface area contributed by atoms with Crippen LogP contribution in [0.4, 0.5) is 0 Å². The number of nitrogens with one attached hydrogen (secondary N) is 1. The first-order valence-corrected chi connectivity index (χ1v) is 5.39. The Kier molecular flexibility index (Phi) is 2.97. The van der Waals surface area contributed by atoms with E-state index in [4.69, 9.17) is 5.84 Å². The van der Waals surface area contributed by atoms with Crippen molar-refractivity contribution in [2.24, 2.45) is 5.84 Å². The second-order valence-electron chi connectivity index (χ2n) is 4.08. The van der Waals surface area contributed by atoms with Crippen molar-refractivity contribution >= 4 is 5.91 Å². The van der Waals surface area contributed by atoms with E-state index in [2.05, 4.69) is 11.5 Å². The molecule has 0 saturated carbocycles. The van der Waals surface area contributed by atoms with Gasteiger partial charge in [0.25, 0.3) is 5.91 Å². The van der Waals surface area contributed by atoms with Gasteiger partial charge in [-0.15, -0.1) is 0 Å². The third-order valence-corrected chi connectivity index (χ3v) is 2.60. The van der Waals surface area contributed by atoms with E-state index in [0.29, 0.717) is 5.69 Å². The Morgan fingerprint density at radius 1 is 1.24 bits per heavy atom. The third kappa shape index (κ3) is 2.21. The quantitative estimate of drug-likeness (QED) is 0.468. The average Bonchev–Trinajstić information content (AvgIpc) is 2.75. The lowest BCUT2D eigenvalue weighted by molar-refractivity contribution is 0.0947. The van der Waals surface area contributed by atoms with Gasteiger partial charge in [-0.05, 0) is 49.2 Å². The topological polar surface area (TPSA) is 60.0 Å². The maximum absolute atomic E-state index is 11.6. The van der Waals surface area contributed by atoms with Gasteiger partial charge in [0.05, 0.1) is 0 Å². The Morgan fingerprint density at radius 2 is 1.88 bits per heavy atom. The molecule has 1 heterocycles. The Morgan fingerprint density at radius 3 is 2.47 bits per heavy atom. The SMILES string of the molecule is Cc1cc(C)cc(-n2cccc2C(=O)NN)c1. The standard InChI is InChI=1S/C13H15N3O/c1-9-6-10(2)8-11(7-9)16-5-3-4-12(16)13(17)15-14/h3-8H,14H2,1-2H3,(H,15,17). The largest absolute Gasteiger partial charge is 0.312 e. The van der Waals surface area contributed by atoms with Crippen LogP contribution in [0.5, 0.6) is 0 Å². The molecule has 0 radical (unpaired) electrons. The molecule has 0 aliphatic heterocycles. The molecule has 0 aliphatic rings. The summed E-state index contributed by atoms with van der Waals surface area (Å²) in [5, 5.41) is 0. The van der Waals surface area contributed by atoms with E-state index in [0.717, 1.165) is 16.8 Å². The lowest BCUT2D eigenvalue weighted by Gasteiger charge is -2.10. The first-order valence-electron chi connectivity index (χ1n) is 5.39. The zero-order valence-corrected chi connectivity index (χ0v) is 9.90. The van der Waals surface area contributed by atoms with E-state index in [1.165, 1.54) is 0 Å². The van der Waals surface area contributed by atoms with E-state index >= 15 is 0 Å². The van der Waals surface area contributed by atoms with Crippen LogP contribution in [0, 0.1) is 13.8 Å². The highest BCUT2D eigenvalue weighted by Crippen LogP contribution is 2.16. The summed E-state index contributed by atoms with van der Waals surface area (Å²) in [4.78, 5) is 11.6. The molecule has 1 amide bonds. The number of rotatable bonds is 2. The predicted molar refractivity (Wildman–Crippen MR) is 66.9 cm³/mol. The molecule has 0 bridgehead atoms. The molecule has 0 aliphatic carbocycles. The van der Waals surface area contributed by atoms with Gasteiger partial charge in [0, 0.05) is 11.9 Å². The van der Waals surface area contributed by atoms with Gasteiger partial charge in [0.2, 0.25) is 0 Å². The summed E-state index contributed by atoms with van der Waals surface area (Å²) >= 11 is 0. The van der Waals surface area contributed by atoms with Gasteiger partial charge in [0.15, 0.2) is 0 Å². The van der Waals surface area contributed by atoms with Crippen LogP contribution in [0.2, 0.25) is 0 Å². The zero-order valence-electron chi connectivity index (χ0n) is 9.90. The summed E-state index contributed by atoms with van der Waals surface area (Å²) in [5.41, 5.74) is 5.96. The molecular weight excluding hydrogens is 214 g/mol. The van der Waals surface area contributed by atoms with Crippen molar-refractivity contribution in [2.45, 2.75) is 13.8 Å². The van der Waals surface area contributed by atoms with Crippen molar-refractivity contribution in [1.82, 2.24) is 9.99 Å². The molecule has 88 valence electrons. The normalized spacial score (nSPS) is 10.3. The highest BCUT2D eigenvalue weighted by atomic mass is 16.2. The van der Waals surface area contributed by atoms with Crippen LogP contribution < -0.4 is 11.3 Å². The number of carbonyl (C=O) groups excluding carboxylic acids is 1. The number of hydrazine groups is 1. The van der Waals surface area contributed by atoms with Gasteiger partial charge in [-0.25, -0.2) is 5.84 Å². The summed E-state index contributed by atoms with van der Waals surface area (Å²) in [6.07, 6.45) is 1.85. The van der Waals surface area contributed by atoms with Crippen LogP contribution in [-0.4, -0.2) is 10.5 Å². The van der Waals surface area contributed by atoms with E-state index in [1.54, 1.807) is 6.07 Å². The second-order valence-corrected chi connectivity index (χ2v) is 4.08. The first-order chi connectivity index (χ1) is 8.11. The Balaban J connectivity index is 2.53. The number of aryl methyl sites for hydroxylation is 2. The number of nitrogen functional groups attached to an aromatic ring is 1. The van der Waals surface area contributed by atoms with Gasteiger partial charge in [0.1, 0.15) is 5.69 Å². The maximum Gasteiger partial charge on any atom is 0.282 e. The molecule has 1 aromatic carbocycles. The molecule has 0 spiro atoms. The number of hydrogen-bond acceptors (Lipinski definition) is 2. The summed E-state index contributed by atoms with van der Waals surface area (Å²) in [7, 11) is 0. The van der Waals surface area contributed by atoms with Crippen molar-refractivity contribution in [3.05, 3.63) is 53.3 Å². The highest BCUT2D eigenvalue weighted by molar-refractivity contribution is 5.92. The molecule has 4 heteroatoms. The van der Waals surface area contributed by atoms with Crippen LogP contribution in [0.3, 0.4) is 0 Å². The van der Waals surface area contributed by atoms with E-state index in [-0.39, 0.29) is 5.91 Å². The number of nitrogens with zero attached hydrogens (tertiary/aromatic N) is 1. The summed E-state index contributed by atoms with van der Waals surface area (Å²) in [6.45, 7) is 4.06. The second kappa shape index (κ2) is 4.43. The van der Waals surface area contributed by atoms with Crippen molar-refractivity contribution in [1.29, 1.82) is 0 Å². The predicted octanol–water partition coefficient (Wildman–Crippen LogP) is 1.70. The third-order valence-electron chi connectivity index (χ3n) is 2.60. The van der Waals surface area contributed by atoms with Gasteiger partial charge >= 0.3 is 0 Å². The minimum atomic E-state index is -0.297. The smallest absolute Gasteiger partial charge is 0.282 e. The number of hydrogen-bond donors (Lipinski definition) is 2. The molecule has 0 atom stereocenters. The summed E-state index contributed by atoms with van der Waals surface area (Å²) < 4.78 is 1.82. The molecule has 4 nitrogen and oxygen atoms in total. The minimum Gasteiger partial charge on any atom is -0.312 e. The van der Waals surface area contributed by atoms with Crippen molar-refractivity contribution in [3.63, 3.8) is 0 Å². The number of amides is 1. The lowest BCUT2D eigenvalue weighted by atomic mass is 10.1. The molecule has 1 aromatic heterocycles.